The Morgan fingerprint density at radius 3 is 2.61 bits per heavy atom. The van der Waals surface area contributed by atoms with E-state index >= 15 is 0 Å². The number of aromatic nitrogens is 2. The van der Waals surface area contributed by atoms with Gasteiger partial charge in [0, 0.05) is 5.02 Å². The quantitative estimate of drug-likeness (QED) is 0.304. The highest BCUT2D eigenvalue weighted by Gasteiger charge is 2.20. The van der Waals surface area contributed by atoms with E-state index in [1.165, 1.54) is 34.1 Å². The predicted octanol–water partition coefficient (Wildman–Crippen LogP) is 6.14. The maximum Gasteiger partial charge on any atom is 0.262 e. The first kappa shape index (κ1) is 21.5. The molecule has 164 valence electrons. The number of para-hydroxylation sites is 2. The van der Waals surface area contributed by atoms with Crippen LogP contribution >= 0.6 is 35.2 Å². The Morgan fingerprint density at radius 2 is 1.82 bits per heavy atom. The molecule has 0 bridgehead atoms. The molecule has 0 fully saturated rings. The van der Waals surface area contributed by atoms with Crippen LogP contribution in [-0.2, 0) is 11.3 Å². The van der Waals surface area contributed by atoms with Crippen molar-refractivity contribution in [2.75, 3.05) is 5.32 Å². The molecule has 0 saturated heterocycles. The SMILES string of the molecule is O=C(Cn1c(=O)c2ccccc2n2c(=S)sc(-c3cccc(Cl)c3)c12)Nc1ccccc1F. The Kier molecular flexibility index (Phi) is 5.57. The summed E-state index contributed by atoms with van der Waals surface area (Å²) in [6.07, 6.45) is 0. The van der Waals surface area contributed by atoms with Crippen molar-refractivity contribution in [2.24, 2.45) is 0 Å². The van der Waals surface area contributed by atoms with Gasteiger partial charge in [0.1, 0.15) is 18.0 Å². The lowest BCUT2D eigenvalue weighted by atomic mass is 10.2. The van der Waals surface area contributed by atoms with Crippen LogP contribution in [0.25, 0.3) is 27.0 Å². The summed E-state index contributed by atoms with van der Waals surface area (Å²) in [5, 5.41) is 3.51. The minimum Gasteiger partial charge on any atom is -0.322 e. The van der Waals surface area contributed by atoms with Crippen LogP contribution in [0.5, 0.6) is 0 Å². The van der Waals surface area contributed by atoms with Crippen LogP contribution in [0.1, 0.15) is 0 Å². The van der Waals surface area contributed by atoms with E-state index in [1.54, 1.807) is 34.7 Å². The molecule has 0 atom stereocenters. The van der Waals surface area contributed by atoms with Gasteiger partial charge in [-0.2, -0.15) is 0 Å². The normalized spacial score (nSPS) is 11.2. The van der Waals surface area contributed by atoms with Gasteiger partial charge in [-0.05, 0) is 54.2 Å². The van der Waals surface area contributed by atoms with Crippen LogP contribution in [0.3, 0.4) is 0 Å². The number of fused-ring (bicyclic) bond motifs is 3. The van der Waals surface area contributed by atoms with E-state index in [2.05, 4.69) is 5.32 Å². The third-order valence-corrected chi connectivity index (χ3v) is 6.85. The van der Waals surface area contributed by atoms with Crippen molar-refractivity contribution < 1.29 is 9.18 Å². The predicted molar refractivity (Wildman–Crippen MR) is 133 cm³/mol. The molecule has 0 aliphatic heterocycles. The number of anilines is 1. The Labute approximate surface area is 201 Å². The number of carbonyl (C=O) groups is 1. The first-order valence-electron chi connectivity index (χ1n) is 9.91. The van der Waals surface area contributed by atoms with Gasteiger partial charge in [0.05, 0.1) is 21.5 Å². The third kappa shape index (κ3) is 3.86. The molecule has 5 rings (SSSR count). The fraction of sp³-hybridized carbons (Fsp3) is 0.0417. The zero-order valence-corrected chi connectivity index (χ0v) is 19.3. The van der Waals surface area contributed by atoms with Gasteiger partial charge in [-0.1, -0.05) is 48.0 Å². The second kappa shape index (κ2) is 8.55. The van der Waals surface area contributed by atoms with Crippen LogP contribution in [0, 0.1) is 9.77 Å². The lowest BCUT2D eigenvalue weighted by Crippen LogP contribution is -2.29. The van der Waals surface area contributed by atoms with Crippen molar-refractivity contribution in [1.29, 1.82) is 0 Å². The van der Waals surface area contributed by atoms with E-state index in [-0.39, 0.29) is 17.8 Å². The van der Waals surface area contributed by atoms with Gasteiger partial charge >= 0.3 is 0 Å². The second-order valence-electron chi connectivity index (χ2n) is 7.30. The summed E-state index contributed by atoms with van der Waals surface area (Å²) in [7, 11) is 0. The van der Waals surface area contributed by atoms with Gasteiger partial charge in [-0.15, -0.1) is 11.3 Å². The highest BCUT2D eigenvalue weighted by atomic mass is 35.5. The molecule has 9 heteroatoms. The number of amides is 1. The van der Waals surface area contributed by atoms with Crippen molar-refractivity contribution >= 4 is 63.3 Å². The minimum absolute atomic E-state index is 0.0459. The molecule has 1 amide bonds. The largest absolute Gasteiger partial charge is 0.322 e. The average Bonchev–Trinajstić information content (AvgIpc) is 3.15. The number of thiazole rings is 1. The highest BCUT2D eigenvalue weighted by Crippen LogP contribution is 2.34. The maximum atomic E-state index is 14.0. The molecule has 0 aliphatic carbocycles. The monoisotopic (exact) mass is 495 g/mol. The molecule has 0 saturated carbocycles. The summed E-state index contributed by atoms with van der Waals surface area (Å²) < 4.78 is 17.7. The summed E-state index contributed by atoms with van der Waals surface area (Å²) >= 11 is 13.2. The van der Waals surface area contributed by atoms with Gasteiger partial charge in [-0.25, -0.2) is 4.39 Å². The van der Waals surface area contributed by atoms with E-state index in [0.29, 0.717) is 30.4 Å². The molecule has 5 aromatic rings. The number of carbonyl (C=O) groups excluding carboxylic acids is 1. The zero-order valence-electron chi connectivity index (χ0n) is 16.9. The fourth-order valence-electron chi connectivity index (χ4n) is 3.77. The second-order valence-corrected chi connectivity index (χ2v) is 9.38. The molecule has 2 aromatic heterocycles. The summed E-state index contributed by atoms with van der Waals surface area (Å²) in [6, 6.07) is 20.2. The molecular formula is C24H15ClFN3O2S2. The van der Waals surface area contributed by atoms with Crippen molar-refractivity contribution in [3.63, 3.8) is 0 Å². The standard InChI is InChI=1S/C24H15ClFN3O2S2/c25-15-7-5-6-14(12-15)21-22-28(13-20(30)27-18-10-3-2-9-17(18)26)23(31)16-8-1-4-11-19(16)29(22)24(32)33-21/h1-12H,13H2,(H,27,30). The van der Waals surface area contributed by atoms with Crippen LogP contribution in [-0.4, -0.2) is 14.9 Å². The van der Waals surface area contributed by atoms with E-state index in [0.717, 1.165) is 5.56 Å². The van der Waals surface area contributed by atoms with Crippen molar-refractivity contribution in [3.05, 3.63) is 97.9 Å². The number of nitrogens with zero attached hydrogens (tertiary/aromatic N) is 2. The number of hydrogen-bond donors (Lipinski definition) is 1. The molecule has 0 aliphatic rings. The van der Waals surface area contributed by atoms with Gasteiger partial charge < -0.3 is 5.32 Å². The van der Waals surface area contributed by atoms with Gasteiger partial charge in [0.2, 0.25) is 5.91 Å². The lowest BCUT2D eigenvalue weighted by molar-refractivity contribution is -0.116. The molecule has 0 spiro atoms. The molecule has 5 nitrogen and oxygen atoms in total. The summed E-state index contributed by atoms with van der Waals surface area (Å²) in [6.45, 7) is -0.319. The van der Waals surface area contributed by atoms with E-state index in [9.17, 15) is 14.0 Å². The first-order chi connectivity index (χ1) is 15.9. The minimum atomic E-state index is -0.556. The molecule has 0 unspecified atom stereocenters. The summed E-state index contributed by atoms with van der Waals surface area (Å²) in [4.78, 5) is 27.1. The van der Waals surface area contributed by atoms with Gasteiger partial charge in [0.15, 0.2) is 3.95 Å². The summed E-state index contributed by atoms with van der Waals surface area (Å²) in [5.41, 5.74) is 1.62. The highest BCUT2D eigenvalue weighted by molar-refractivity contribution is 7.73. The van der Waals surface area contributed by atoms with Crippen molar-refractivity contribution in [2.45, 2.75) is 6.54 Å². The third-order valence-electron chi connectivity index (χ3n) is 5.20. The number of rotatable bonds is 4. The zero-order chi connectivity index (χ0) is 23.1. The Hall–Kier alpha value is -3.33. The fourth-order valence-corrected chi connectivity index (χ4v) is 5.39. The van der Waals surface area contributed by atoms with Gasteiger partial charge in [-0.3, -0.25) is 18.6 Å². The Morgan fingerprint density at radius 1 is 1.06 bits per heavy atom. The van der Waals surface area contributed by atoms with Gasteiger partial charge in [0.25, 0.3) is 5.56 Å². The number of benzene rings is 3. The van der Waals surface area contributed by atoms with Crippen LogP contribution in [0.2, 0.25) is 5.02 Å². The van der Waals surface area contributed by atoms with E-state index < -0.39 is 11.7 Å². The van der Waals surface area contributed by atoms with Crippen LogP contribution in [0.4, 0.5) is 10.1 Å². The molecule has 0 radical (unpaired) electrons. The Bertz CT molecular complexity index is 1670. The van der Waals surface area contributed by atoms with E-state index in [1.807, 2.05) is 24.3 Å². The summed E-state index contributed by atoms with van der Waals surface area (Å²) in [5.74, 6) is -1.09. The van der Waals surface area contributed by atoms with Crippen LogP contribution in [0.15, 0.2) is 77.6 Å². The first-order valence-corrected chi connectivity index (χ1v) is 11.5. The number of halogens is 2. The molecule has 33 heavy (non-hydrogen) atoms. The van der Waals surface area contributed by atoms with Crippen LogP contribution < -0.4 is 10.9 Å². The van der Waals surface area contributed by atoms with Crippen molar-refractivity contribution in [3.8, 4) is 10.4 Å². The average molecular weight is 496 g/mol. The number of nitrogens with one attached hydrogen (secondary N) is 1. The number of hydrogen-bond acceptors (Lipinski definition) is 4. The molecule has 1 N–H and O–H groups in total. The lowest BCUT2D eigenvalue weighted by Gasteiger charge is -2.14. The topological polar surface area (TPSA) is 55.5 Å². The molecule has 3 aromatic carbocycles. The van der Waals surface area contributed by atoms with Crippen molar-refractivity contribution in [1.82, 2.24) is 8.97 Å². The Balaban J connectivity index is 1.75. The maximum absolute atomic E-state index is 14.0. The van der Waals surface area contributed by atoms with E-state index in [4.69, 9.17) is 23.8 Å². The molecule has 2 heterocycles. The molecular weight excluding hydrogens is 481 g/mol. The smallest absolute Gasteiger partial charge is 0.262 e.